The number of hydrogen-bond donors (Lipinski definition) is 0. The number of carbonyl (C=O) groups excluding carboxylic acids is 1. The van der Waals surface area contributed by atoms with Crippen molar-refractivity contribution < 1.29 is 4.79 Å². The number of halogens is 2. The van der Waals surface area contributed by atoms with Gasteiger partial charge in [-0.05, 0) is 29.5 Å². The van der Waals surface area contributed by atoms with Crippen LogP contribution in [0.5, 0.6) is 0 Å². The summed E-state index contributed by atoms with van der Waals surface area (Å²) in [5.74, 6) is -0.00620. The normalized spacial score (nSPS) is 23.6. The zero-order valence-corrected chi connectivity index (χ0v) is 12.7. The second-order valence-corrected chi connectivity index (χ2v) is 6.73. The Labute approximate surface area is 127 Å². The second kappa shape index (κ2) is 4.61. The van der Waals surface area contributed by atoms with Crippen LogP contribution in [0.25, 0.3) is 11.0 Å². The number of nitrogens with zero attached hydrogens (tertiary/aromatic N) is 2. The van der Waals surface area contributed by atoms with Crippen molar-refractivity contribution in [1.29, 1.82) is 0 Å². The third kappa shape index (κ3) is 2.05. The molecule has 0 spiro atoms. The molecule has 0 amide bonds. The molecule has 0 aliphatic heterocycles. The van der Waals surface area contributed by atoms with Gasteiger partial charge >= 0.3 is 0 Å². The Morgan fingerprint density at radius 1 is 1.35 bits per heavy atom. The lowest BCUT2D eigenvalue weighted by molar-refractivity contribution is 0.0873. The largest absolute Gasteiger partial charge is 0.274 e. The molecule has 1 aliphatic carbocycles. The van der Waals surface area contributed by atoms with Gasteiger partial charge in [-0.2, -0.15) is 0 Å². The maximum absolute atomic E-state index is 12.7. The van der Waals surface area contributed by atoms with Gasteiger partial charge in [0.05, 0.1) is 17.0 Å². The van der Waals surface area contributed by atoms with Crippen LogP contribution in [0.4, 0.5) is 0 Å². The molecule has 104 valence electrons. The average molecular weight is 309 g/mol. The van der Waals surface area contributed by atoms with E-state index in [-0.39, 0.29) is 27.6 Å². The summed E-state index contributed by atoms with van der Waals surface area (Å²) >= 11 is 11.5. The first-order valence-corrected chi connectivity index (χ1v) is 7.17. The van der Waals surface area contributed by atoms with Crippen molar-refractivity contribution in [3.63, 3.8) is 0 Å². The number of benzene rings is 1. The molecule has 1 saturated carbocycles. The first kappa shape index (κ1) is 13.7. The van der Waals surface area contributed by atoms with Gasteiger partial charge in [-0.3, -0.25) is 9.36 Å². The van der Waals surface area contributed by atoms with Gasteiger partial charge < -0.3 is 0 Å². The maximum Gasteiger partial charge on any atom is 0.236 e. The van der Waals surface area contributed by atoms with Gasteiger partial charge in [-0.25, -0.2) is 4.98 Å². The van der Waals surface area contributed by atoms with Crippen molar-refractivity contribution in [2.24, 2.45) is 17.3 Å². The Morgan fingerprint density at radius 2 is 2.05 bits per heavy atom. The molecule has 1 aromatic heterocycles. The molecule has 5 heteroatoms. The predicted molar refractivity (Wildman–Crippen MR) is 80.9 cm³/mol. The van der Waals surface area contributed by atoms with Crippen LogP contribution in [0, 0.1) is 17.3 Å². The molecule has 1 aliphatic rings. The van der Waals surface area contributed by atoms with E-state index in [9.17, 15) is 4.79 Å². The van der Waals surface area contributed by atoms with Gasteiger partial charge in [-0.1, -0.05) is 49.2 Å². The highest BCUT2D eigenvalue weighted by Crippen LogP contribution is 2.60. The fraction of sp³-hybridized carbons (Fsp3) is 0.333. The molecule has 20 heavy (non-hydrogen) atoms. The summed E-state index contributed by atoms with van der Waals surface area (Å²) in [6.07, 6.45) is 3.34. The van der Waals surface area contributed by atoms with E-state index in [0.29, 0.717) is 0 Å². The second-order valence-electron chi connectivity index (χ2n) is 5.72. The lowest BCUT2D eigenvalue weighted by Gasteiger charge is -2.04. The highest BCUT2D eigenvalue weighted by Gasteiger charge is 2.61. The van der Waals surface area contributed by atoms with Crippen molar-refractivity contribution in [2.75, 3.05) is 0 Å². The van der Waals surface area contributed by atoms with Gasteiger partial charge in [0.2, 0.25) is 5.91 Å². The third-order valence-corrected chi connectivity index (χ3v) is 4.43. The monoisotopic (exact) mass is 308 g/mol. The Kier molecular flexibility index (Phi) is 3.14. The molecule has 0 N–H and O–H groups in total. The minimum Gasteiger partial charge on any atom is -0.274 e. The summed E-state index contributed by atoms with van der Waals surface area (Å²) in [5.41, 5.74) is 1.53. The number of hydrogen-bond acceptors (Lipinski definition) is 2. The van der Waals surface area contributed by atoms with Crippen LogP contribution >= 0.6 is 23.2 Å². The zero-order valence-electron chi connectivity index (χ0n) is 11.2. The predicted octanol–water partition coefficient (Wildman–Crippen LogP) is 4.27. The summed E-state index contributed by atoms with van der Waals surface area (Å²) < 4.78 is 1.84. The summed E-state index contributed by atoms with van der Waals surface area (Å²) in [5, 5.41) is 0. The van der Waals surface area contributed by atoms with Crippen molar-refractivity contribution in [3.05, 3.63) is 41.2 Å². The highest BCUT2D eigenvalue weighted by atomic mass is 35.5. The van der Waals surface area contributed by atoms with E-state index >= 15 is 0 Å². The number of rotatable bonds is 2. The van der Waals surface area contributed by atoms with E-state index < -0.39 is 0 Å². The highest BCUT2D eigenvalue weighted by molar-refractivity contribution is 6.55. The maximum atomic E-state index is 12.7. The van der Waals surface area contributed by atoms with Crippen molar-refractivity contribution in [2.45, 2.75) is 13.8 Å². The molecule has 1 heterocycles. The zero-order chi connectivity index (χ0) is 14.5. The lowest BCUT2D eigenvalue weighted by atomic mass is 10.1. The number of allylic oxidation sites excluding steroid dienone is 1. The molecule has 0 radical (unpaired) electrons. The molecule has 3 nitrogen and oxygen atoms in total. The lowest BCUT2D eigenvalue weighted by Crippen LogP contribution is -2.14. The summed E-state index contributed by atoms with van der Waals surface area (Å²) in [7, 11) is 0. The van der Waals surface area contributed by atoms with Gasteiger partial charge in [0.1, 0.15) is 10.8 Å². The van der Waals surface area contributed by atoms with E-state index in [1.165, 1.54) is 0 Å². The molecule has 2 atom stereocenters. The number of aromatic nitrogens is 2. The van der Waals surface area contributed by atoms with Crippen LogP contribution in [-0.4, -0.2) is 15.5 Å². The fourth-order valence-corrected chi connectivity index (χ4v) is 3.15. The molecule has 2 aromatic rings. The van der Waals surface area contributed by atoms with Gasteiger partial charge in [0.25, 0.3) is 0 Å². The van der Waals surface area contributed by atoms with Gasteiger partial charge in [0.15, 0.2) is 0 Å². The van der Waals surface area contributed by atoms with E-state index in [1.54, 1.807) is 17.0 Å². The Hall–Kier alpha value is -1.32. The summed E-state index contributed by atoms with van der Waals surface area (Å²) in [6.45, 7) is 4.10. The molecule has 0 bridgehead atoms. The quantitative estimate of drug-likeness (QED) is 0.830. The third-order valence-electron chi connectivity index (χ3n) is 4.17. The smallest absolute Gasteiger partial charge is 0.236 e. The molecular formula is C15H14Cl2N2O. The molecule has 1 fully saturated rings. The van der Waals surface area contributed by atoms with Gasteiger partial charge in [0, 0.05) is 0 Å². The van der Waals surface area contributed by atoms with Crippen molar-refractivity contribution >= 4 is 40.1 Å². The topological polar surface area (TPSA) is 34.9 Å². The van der Waals surface area contributed by atoms with Crippen LogP contribution in [0.3, 0.4) is 0 Å². The van der Waals surface area contributed by atoms with Crippen molar-refractivity contribution in [1.82, 2.24) is 9.55 Å². The Balaban J connectivity index is 1.96. The van der Waals surface area contributed by atoms with Crippen LogP contribution in [0.15, 0.2) is 41.2 Å². The Bertz CT molecular complexity index is 713. The molecule has 0 saturated heterocycles. The summed E-state index contributed by atoms with van der Waals surface area (Å²) in [4.78, 5) is 17.0. The number of imidazole rings is 1. The first-order chi connectivity index (χ1) is 9.43. The summed E-state index contributed by atoms with van der Waals surface area (Å²) in [6, 6.07) is 7.60. The minimum absolute atomic E-state index is 0.0412. The minimum atomic E-state index is -0.127. The SMILES string of the molecule is CC1(C)[C@@H](C=C(Cl)Cl)[C@@H]1C(=O)n1cnc2ccccc21. The molecule has 0 unspecified atom stereocenters. The van der Waals surface area contributed by atoms with Crippen LogP contribution in [0.2, 0.25) is 0 Å². The van der Waals surface area contributed by atoms with E-state index in [1.807, 2.05) is 38.1 Å². The average Bonchev–Trinajstić information content (AvgIpc) is 2.75. The van der Waals surface area contributed by atoms with Crippen LogP contribution in [-0.2, 0) is 0 Å². The van der Waals surface area contributed by atoms with E-state index in [2.05, 4.69) is 4.98 Å². The number of carbonyl (C=O) groups is 1. The number of para-hydroxylation sites is 2. The van der Waals surface area contributed by atoms with Crippen LogP contribution in [0.1, 0.15) is 18.6 Å². The molecular weight excluding hydrogens is 295 g/mol. The molecule has 3 rings (SSSR count). The molecule has 1 aromatic carbocycles. The van der Waals surface area contributed by atoms with Crippen LogP contribution < -0.4 is 0 Å². The fourth-order valence-electron chi connectivity index (χ4n) is 2.88. The Morgan fingerprint density at radius 3 is 2.75 bits per heavy atom. The number of fused-ring (bicyclic) bond motifs is 1. The first-order valence-electron chi connectivity index (χ1n) is 6.42. The van der Waals surface area contributed by atoms with E-state index in [4.69, 9.17) is 23.2 Å². The van der Waals surface area contributed by atoms with Gasteiger partial charge in [-0.15, -0.1) is 0 Å². The van der Waals surface area contributed by atoms with Crippen molar-refractivity contribution in [3.8, 4) is 0 Å². The van der Waals surface area contributed by atoms with E-state index in [0.717, 1.165) is 11.0 Å². The standard InChI is InChI=1S/C15H14Cl2N2O/c1-15(2)9(7-12(16)17)13(15)14(20)19-8-18-10-5-3-4-6-11(10)19/h3-9,13H,1-2H3/t9-,13+/m0/s1.